The third kappa shape index (κ3) is 2.73. The van der Waals surface area contributed by atoms with Crippen molar-refractivity contribution in [2.45, 2.75) is 0 Å². The summed E-state index contributed by atoms with van der Waals surface area (Å²) >= 11 is 1.37. The molecule has 1 aromatic heterocycles. The molecule has 6 heteroatoms. The Balaban J connectivity index is 2.02. The van der Waals surface area contributed by atoms with E-state index >= 15 is 0 Å². The Labute approximate surface area is 132 Å². The first-order valence-corrected chi connectivity index (χ1v) is 7.44. The minimum atomic E-state index is 0.464. The van der Waals surface area contributed by atoms with Crippen molar-refractivity contribution in [3.05, 3.63) is 42.5 Å². The molecule has 112 valence electrons. The highest BCUT2D eigenvalue weighted by Gasteiger charge is 2.09. The molecule has 0 fully saturated rings. The molecule has 0 unspecified atom stereocenters. The number of nitrogen functional groups attached to an aromatic ring is 1. The van der Waals surface area contributed by atoms with Crippen LogP contribution in [0.5, 0.6) is 11.5 Å². The lowest BCUT2D eigenvalue weighted by Crippen LogP contribution is -1.91. The minimum Gasteiger partial charge on any atom is -0.493 e. The van der Waals surface area contributed by atoms with Crippen LogP contribution in [-0.4, -0.2) is 24.4 Å². The first-order valence-electron chi connectivity index (χ1n) is 6.63. The number of hydrogen-bond donors (Lipinski definition) is 1. The van der Waals surface area contributed by atoms with Gasteiger partial charge in [-0.05, 0) is 29.3 Å². The summed E-state index contributed by atoms with van der Waals surface area (Å²) in [5, 5.41) is 9.21. The average Bonchev–Trinajstić information content (AvgIpc) is 3.01. The second-order valence-corrected chi connectivity index (χ2v) is 5.61. The number of anilines is 1. The monoisotopic (exact) mass is 313 g/mol. The molecule has 2 aromatic carbocycles. The van der Waals surface area contributed by atoms with Crippen LogP contribution in [0.1, 0.15) is 0 Å². The lowest BCUT2D eigenvalue weighted by molar-refractivity contribution is 0.355. The largest absolute Gasteiger partial charge is 0.493 e. The van der Waals surface area contributed by atoms with E-state index in [1.807, 2.05) is 36.4 Å². The lowest BCUT2D eigenvalue weighted by Gasteiger charge is -2.10. The van der Waals surface area contributed by atoms with Crippen LogP contribution in [-0.2, 0) is 0 Å². The topological polar surface area (TPSA) is 70.3 Å². The van der Waals surface area contributed by atoms with Crippen LogP contribution in [0.25, 0.3) is 21.7 Å². The first kappa shape index (κ1) is 14.3. The van der Waals surface area contributed by atoms with Gasteiger partial charge in [-0.15, -0.1) is 10.2 Å². The molecule has 0 atom stereocenters. The van der Waals surface area contributed by atoms with Crippen LogP contribution in [0.4, 0.5) is 5.13 Å². The molecule has 5 nitrogen and oxygen atoms in total. The Hall–Kier alpha value is -2.60. The zero-order valence-corrected chi connectivity index (χ0v) is 13.1. The second-order valence-electron chi connectivity index (χ2n) is 4.60. The number of methoxy groups -OCH3 is 2. The van der Waals surface area contributed by atoms with Crippen molar-refractivity contribution in [2.75, 3.05) is 20.0 Å². The van der Waals surface area contributed by atoms with Crippen LogP contribution in [0.15, 0.2) is 42.5 Å². The van der Waals surface area contributed by atoms with E-state index in [1.165, 1.54) is 11.3 Å². The van der Waals surface area contributed by atoms with Gasteiger partial charge in [0.15, 0.2) is 11.5 Å². The smallest absolute Gasteiger partial charge is 0.203 e. The van der Waals surface area contributed by atoms with Crippen molar-refractivity contribution in [3.8, 4) is 33.2 Å². The van der Waals surface area contributed by atoms with Crippen molar-refractivity contribution < 1.29 is 9.47 Å². The molecule has 0 radical (unpaired) electrons. The predicted molar refractivity (Wildman–Crippen MR) is 88.3 cm³/mol. The van der Waals surface area contributed by atoms with Crippen LogP contribution >= 0.6 is 11.3 Å². The summed E-state index contributed by atoms with van der Waals surface area (Å²) < 4.78 is 10.6. The van der Waals surface area contributed by atoms with Gasteiger partial charge in [0.05, 0.1) is 14.2 Å². The standard InChI is InChI=1S/C16H15N3O2S/c1-20-13-7-6-11(9-14(13)21-2)10-4-3-5-12(8-10)15-18-19-16(17)22-15/h3-9H,1-2H3,(H2,17,19). The van der Waals surface area contributed by atoms with Crippen LogP contribution in [0.2, 0.25) is 0 Å². The van der Waals surface area contributed by atoms with E-state index in [9.17, 15) is 0 Å². The molecule has 0 aliphatic carbocycles. The summed E-state index contributed by atoms with van der Waals surface area (Å²) in [5.74, 6) is 1.41. The Kier molecular flexibility index (Phi) is 3.93. The quantitative estimate of drug-likeness (QED) is 0.798. The van der Waals surface area contributed by atoms with Gasteiger partial charge in [0, 0.05) is 5.56 Å². The maximum absolute atomic E-state index is 5.65. The average molecular weight is 313 g/mol. The maximum atomic E-state index is 5.65. The molecule has 2 N–H and O–H groups in total. The molecule has 0 aliphatic heterocycles. The number of ether oxygens (including phenoxy) is 2. The molecule has 3 aromatic rings. The van der Waals surface area contributed by atoms with Crippen molar-refractivity contribution in [1.82, 2.24) is 10.2 Å². The Bertz CT molecular complexity index is 802. The normalized spacial score (nSPS) is 10.5. The molecule has 22 heavy (non-hydrogen) atoms. The Morgan fingerprint density at radius 1 is 0.864 bits per heavy atom. The molecular formula is C16H15N3O2S. The van der Waals surface area contributed by atoms with E-state index in [0.29, 0.717) is 16.6 Å². The molecule has 0 amide bonds. The number of aromatic nitrogens is 2. The molecule has 0 saturated carbocycles. The summed E-state index contributed by atoms with van der Waals surface area (Å²) in [7, 11) is 3.25. The van der Waals surface area contributed by atoms with Gasteiger partial charge in [-0.3, -0.25) is 0 Å². The highest BCUT2D eigenvalue weighted by molar-refractivity contribution is 7.18. The minimum absolute atomic E-state index is 0.464. The van der Waals surface area contributed by atoms with E-state index < -0.39 is 0 Å². The van der Waals surface area contributed by atoms with E-state index in [-0.39, 0.29) is 0 Å². The third-order valence-corrected chi connectivity index (χ3v) is 4.07. The van der Waals surface area contributed by atoms with Gasteiger partial charge in [0.2, 0.25) is 5.13 Å². The molecule has 0 spiro atoms. The SMILES string of the molecule is COc1ccc(-c2cccc(-c3nnc(N)s3)c2)cc1OC. The summed E-state index contributed by atoms with van der Waals surface area (Å²) in [6.07, 6.45) is 0. The fraction of sp³-hybridized carbons (Fsp3) is 0.125. The molecule has 1 heterocycles. The van der Waals surface area contributed by atoms with Gasteiger partial charge >= 0.3 is 0 Å². The lowest BCUT2D eigenvalue weighted by atomic mass is 10.0. The van der Waals surface area contributed by atoms with Crippen molar-refractivity contribution in [3.63, 3.8) is 0 Å². The Morgan fingerprint density at radius 3 is 2.27 bits per heavy atom. The molecular weight excluding hydrogens is 298 g/mol. The second kappa shape index (κ2) is 6.03. The highest BCUT2D eigenvalue weighted by Crippen LogP contribution is 2.34. The molecule has 0 aliphatic rings. The van der Waals surface area contributed by atoms with E-state index in [4.69, 9.17) is 15.2 Å². The number of nitrogens with two attached hydrogens (primary N) is 1. The van der Waals surface area contributed by atoms with Crippen LogP contribution < -0.4 is 15.2 Å². The van der Waals surface area contributed by atoms with Crippen molar-refractivity contribution in [2.24, 2.45) is 0 Å². The molecule has 0 saturated heterocycles. The van der Waals surface area contributed by atoms with Crippen molar-refractivity contribution >= 4 is 16.5 Å². The summed E-state index contributed by atoms with van der Waals surface area (Å²) in [6.45, 7) is 0. The third-order valence-electron chi connectivity index (χ3n) is 3.27. The zero-order valence-electron chi connectivity index (χ0n) is 12.2. The number of nitrogens with zero attached hydrogens (tertiary/aromatic N) is 2. The van der Waals surface area contributed by atoms with Gasteiger partial charge in [-0.25, -0.2) is 0 Å². The van der Waals surface area contributed by atoms with Gasteiger partial charge in [-0.1, -0.05) is 35.6 Å². The summed E-state index contributed by atoms with van der Waals surface area (Å²) in [6, 6.07) is 13.9. The molecule has 3 rings (SSSR count). The van der Waals surface area contributed by atoms with Gasteiger partial charge in [0.25, 0.3) is 0 Å². The zero-order chi connectivity index (χ0) is 15.5. The van der Waals surface area contributed by atoms with Gasteiger partial charge < -0.3 is 15.2 Å². The predicted octanol–water partition coefficient (Wildman–Crippen LogP) is 3.47. The van der Waals surface area contributed by atoms with Crippen molar-refractivity contribution in [1.29, 1.82) is 0 Å². The van der Waals surface area contributed by atoms with Gasteiger partial charge in [0.1, 0.15) is 5.01 Å². The fourth-order valence-corrected chi connectivity index (χ4v) is 2.81. The van der Waals surface area contributed by atoms with E-state index in [0.717, 1.165) is 21.7 Å². The van der Waals surface area contributed by atoms with E-state index in [1.54, 1.807) is 14.2 Å². The summed E-state index contributed by atoms with van der Waals surface area (Å²) in [4.78, 5) is 0. The maximum Gasteiger partial charge on any atom is 0.203 e. The van der Waals surface area contributed by atoms with Crippen LogP contribution in [0.3, 0.4) is 0 Å². The Morgan fingerprint density at radius 2 is 1.59 bits per heavy atom. The first-order chi connectivity index (χ1) is 10.7. The number of benzene rings is 2. The number of hydrogen-bond acceptors (Lipinski definition) is 6. The van der Waals surface area contributed by atoms with Crippen LogP contribution in [0, 0.1) is 0 Å². The fourth-order valence-electron chi connectivity index (χ4n) is 2.20. The van der Waals surface area contributed by atoms with E-state index in [2.05, 4.69) is 16.3 Å². The van der Waals surface area contributed by atoms with Gasteiger partial charge in [-0.2, -0.15) is 0 Å². The highest BCUT2D eigenvalue weighted by atomic mass is 32.1. The summed E-state index contributed by atoms with van der Waals surface area (Å²) in [5.41, 5.74) is 8.74. The molecule has 0 bridgehead atoms. The number of rotatable bonds is 4.